The fourth-order valence-electron chi connectivity index (χ4n) is 3.19. The van der Waals surface area contributed by atoms with E-state index < -0.39 is 23.5 Å². The van der Waals surface area contributed by atoms with Gasteiger partial charge in [0.05, 0.1) is 12.0 Å². The molecule has 0 radical (unpaired) electrons. The Hall–Kier alpha value is -1.74. The number of nitrogen functional groups attached to an aromatic ring is 1. The van der Waals surface area contributed by atoms with Gasteiger partial charge in [-0.15, -0.1) is 0 Å². The van der Waals surface area contributed by atoms with Crippen LogP contribution in [0.4, 0.5) is 5.82 Å². The van der Waals surface area contributed by atoms with E-state index >= 15 is 0 Å². The van der Waals surface area contributed by atoms with Crippen molar-refractivity contribution in [3.8, 4) is 0 Å². The molecule has 1 fully saturated rings. The number of nitrogens with zero attached hydrogens (tertiary/aromatic N) is 3. The average molecular weight is 308 g/mol. The number of aromatic nitrogens is 3. The molecule has 1 aliphatic rings. The predicted molar refractivity (Wildman–Crippen MR) is 79.0 cm³/mol. The lowest BCUT2D eigenvalue weighted by atomic mass is 9.95. The Bertz CT molecular complexity index is 705. The minimum Gasteiger partial charge on any atom is -0.393 e. The zero-order valence-electron chi connectivity index (χ0n) is 12.7. The second-order valence-electron chi connectivity index (χ2n) is 5.91. The summed E-state index contributed by atoms with van der Waals surface area (Å²) in [6, 6.07) is 1.78. The van der Waals surface area contributed by atoms with Gasteiger partial charge in [-0.3, -0.25) is 0 Å². The topological polar surface area (TPSA) is 116 Å². The molecule has 8 heteroatoms. The molecule has 4 N–H and O–H groups in total. The molecule has 22 heavy (non-hydrogen) atoms. The van der Waals surface area contributed by atoms with Gasteiger partial charge in [0, 0.05) is 13.3 Å². The first-order chi connectivity index (χ1) is 10.4. The lowest BCUT2D eigenvalue weighted by Crippen LogP contribution is -2.45. The molecule has 3 heterocycles. The molecule has 3 rings (SSSR count). The van der Waals surface area contributed by atoms with Crippen LogP contribution in [0.3, 0.4) is 0 Å². The first-order valence-corrected chi connectivity index (χ1v) is 6.97. The maximum atomic E-state index is 10.5. The molecule has 0 bridgehead atoms. The number of nitrogens with two attached hydrogens (primary N) is 1. The molecule has 120 valence electrons. The smallest absolute Gasteiger partial charge is 0.173 e. The number of hydrogen-bond acceptors (Lipinski definition) is 7. The number of aliphatic hydroxyl groups excluding tert-OH is 2. The monoisotopic (exact) mass is 308 g/mol. The van der Waals surface area contributed by atoms with Crippen molar-refractivity contribution in [1.29, 1.82) is 0 Å². The van der Waals surface area contributed by atoms with Crippen molar-refractivity contribution < 1.29 is 19.7 Å². The number of fused-ring (bicyclic) bond motifs is 1. The van der Waals surface area contributed by atoms with Crippen LogP contribution >= 0.6 is 0 Å². The Balaban J connectivity index is 2.17. The van der Waals surface area contributed by atoms with Gasteiger partial charge in [0.25, 0.3) is 0 Å². The third-order valence-electron chi connectivity index (χ3n) is 4.44. The number of ether oxygens (including phenoxy) is 2. The van der Waals surface area contributed by atoms with Crippen molar-refractivity contribution in [2.45, 2.75) is 37.4 Å². The molecule has 0 aromatic carbocycles. The van der Waals surface area contributed by atoms with Crippen LogP contribution in [0.5, 0.6) is 0 Å². The number of aliphatic hydroxyl groups is 2. The third-order valence-corrected chi connectivity index (χ3v) is 4.44. The summed E-state index contributed by atoms with van der Waals surface area (Å²) in [7, 11) is 1.49. The van der Waals surface area contributed by atoms with Crippen LogP contribution in [0.15, 0.2) is 18.6 Å². The van der Waals surface area contributed by atoms with E-state index in [1.54, 1.807) is 30.7 Å². The zero-order valence-corrected chi connectivity index (χ0v) is 12.7. The van der Waals surface area contributed by atoms with E-state index in [0.29, 0.717) is 16.9 Å². The van der Waals surface area contributed by atoms with Crippen LogP contribution in [0.1, 0.15) is 13.8 Å². The highest BCUT2D eigenvalue weighted by atomic mass is 16.6. The third kappa shape index (κ3) is 1.85. The summed E-state index contributed by atoms with van der Waals surface area (Å²) in [6.45, 7) is 3.09. The molecule has 1 saturated heterocycles. The summed E-state index contributed by atoms with van der Waals surface area (Å²) in [5.41, 5.74) is 4.25. The van der Waals surface area contributed by atoms with Crippen molar-refractivity contribution in [2.24, 2.45) is 0 Å². The normalized spacial score (nSPS) is 35.3. The fraction of sp³-hybridized carbons (Fsp3) is 0.571. The predicted octanol–water partition coefficient (Wildman–Crippen LogP) is -0.157. The zero-order chi connectivity index (χ0) is 16.1. The van der Waals surface area contributed by atoms with Gasteiger partial charge in [0.15, 0.2) is 5.72 Å². The Labute approximate surface area is 127 Å². The summed E-state index contributed by atoms with van der Waals surface area (Å²) in [6.07, 6.45) is 1.45. The van der Waals surface area contributed by atoms with Crippen molar-refractivity contribution in [2.75, 3.05) is 19.5 Å². The van der Waals surface area contributed by atoms with Crippen molar-refractivity contribution in [1.82, 2.24) is 14.5 Å². The fourth-order valence-corrected chi connectivity index (χ4v) is 3.19. The van der Waals surface area contributed by atoms with E-state index in [2.05, 4.69) is 9.97 Å². The molecule has 0 aliphatic carbocycles. The van der Waals surface area contributed by atoms with Crippen LogP contribution in [0.25, 0.3) is 11.0 Å². The van der Waals surface area contributed by atoms with Crippen LogP contribution in [0.2, 0.25) is 0 Å². The summed E-state index contributed by atoms with van der Waals surface area (Å²) < 4.78 is 13.2. The van der Waals surface area contributed by atoms with Crippen LogP contribution in [0, 0.1) is 0 Å². The van der Waals surface area contributed by atoms with E-state index in [0.717, 1.165) is 0 Å². The highest BCUT2D eigenvalue weighted by Gasteiger charge is 2.59. The molecule has 1 aliphatic heterocycles. The number of methoxy groups -OCH3 is 1. The highest BCUT2D eigenvalue weighted by molar-refractivity contribution is 5.86. The summed E-state index contributed by atoms with van der Waals surface area (Å²) >= 11 is 0. The van der Waals surface area contributed by atoms with E-state index in [9.17, 15) is 10.2 Å². The van der Waals surface area contributed by atoms with Gasteiger partial charge in [-0.2, -0.15) is 0 Å². The highest BCUT2D eigenvalue weighted by Crippen LogP contribution is 2.44. The van der Waals surface area contributed by atoms with Crippen LogP contribution < -0.4 is 5.73 Å². The molecule has 4 atom stereocenters. The largest absolute Gasteiger partial charge is 0.393 e. The first kappa shape index (κ1) is 15.2. The molecular formula is C14H20N4O4. The minimum absolute atomic E-state index is 0.333. The number of hydrogen-bond donors (Lipinski definition) is 3. The second-order valence-corrected chi connectivity index (χ2v) is 5.91. The molecule has 8 nitrogen and oxygen atoms in total. The lowest BCUT2D eigenvalue weighted by molar-refractivity contribution is -0.173. The minimum atomic E-state index is -1.13. The first-order valence-electron chi connectivity index (χ1n) is 6.97. The van der Waals surface area contributed by atoms with Crippen molar-refractivity contribution >= 4 is 16.9 Å². The summed E-state index contributed by atoms with van der Waals surface area (Å²) in [5, 5.41) is 20.8. The van der Waals surface area contributed by atoms with Crippen LogP contribution in [-0.4, -0.2) is 56.3 Å². The molecular weight excluding hydrogens is 288 g/mol. The van der Waals surface area contributed by atoms with Crippen molar-refractivity contribution in [3.63, 3.8) is 0 Å². The van der Waals surface area contributed by atoms with Gasteiger partial charge in [-0.1, -0.05) is 0 Å². The quantitative estimate of drug-likeness (QED) is 0.721. The van der Waals surface area contributed by atoms with Gasteiger partial charge < -0.3 is 30.0 Å². The van der Waals surface area contributed by atoms with Gasteiger partial charge in [-0.25, -0.2) is 9.97 Å². The van der Waals surface area contributed by atoms with E-state index in [1.165, 1.54) is 13.4 Å². The van der Waals surface area contributed by atoms with Crippen LogP contribution in [-0.2, 0) is 15.2 Å². The summed E-state index contributed by atoms with van der Waals surface area (Å²) in [4.78, 5) is 8.21. The van der Waals surface area contributed by atoms with Crippen molar-refractivity contribution in [3.05, 3.63) is 18.6 Å². The maximum Gasteiger partial charge on any atom is 0.173 e. The van der Waals surface area contributed by atoms with Gasteiger partial charge in [0.2, 0.25) is 0 Å². The molecule has 0 spiro atoms. The molecule has 2 aromatic heterocycles. The van der Waals surface area contributed by atoms with Gasteiger partial charge in [-0.05, 0) is 19.9 Å². The lowest BCUT2D eigenvalue weighted by Gasteiger charge is -2.32. The number of anilines is 1. The SMILES string of the molecule is COC1C(O)C(C)(CO)OC1(C)n1ccc2c(N)ncnc21. The Morgan fingerprint density at radius 3 is 2.82 bits per heavy atom. The molecule has 2 aromatic rings. The number of rotatable bonds is 3. The summed E-state index contributed by atoms with van der Waals surface area (Å²) in [5.74, 6) is 0.366. The van der Waals surface area contributed by atoms with E-state index in [4.69, 9.17) is 15.2 Å². The van der Waals surface area contributed by atoms with Gasteiger partial charge in [0.1, 0.15) is 35.6 Å². The Morgan fingerprint density at radius 2 is 2.18 bits per heavy atom. The Kier molecular flexibility index (Phi) is 3.37. The molecule has 0 amide bonds. The van der Waals surface area contributed by atoms with E-state index in [1.807, 2.05) is 0 Å². The molecule has 0 saturated carbocycles. The van der Waals surface area contributed by atoms with Gasteiger partial charge >= 0.3 is 0 Å². The Morgan fingerprint density at radius 1 is 1.45 bits per heavy atom. The van der Waals surface area contributed by atoms with E-state index in [-0.39, 0.29) is 6.61 Å². The average Bonchev–Trinajstić information content (AvgIpc) is 3.00. The standard InChI is InChI=1S/C14H20N4O4/c1-13(6-19)9(20)10(21-3)14(2,22-13)18-5-4-8-11(15)16-7-17-12(8)18/h4-5,7,9-10,19-20H,6H2,1-3H3,(H2,15,16,17). The second kappa shape index (κ2) is 4.88. The maximum absolute atomic E-state index is 10.5. The molecule has 4 unspecified atom stereocenters.